The van der Waals surface area contributed by atoms with E-state index < -0.39 is 12.1 Å². The lowest BCUT2D eigenvalue weighted by Gasteiger charge is -2.31. The second-order valence-corrected chi connectivity index (χ2v) is 8.43. The molecule has 0 unspecified atom stereocenters. The Morgan fingerprint density at radius 2 is 1.73 bits per heavy atom. The first-order valence-corrected chi connectivity index (χ1v) is 10.9. The van der Waals surface area contributed by atoms with Gasteiger partial charge in [-0.1, -0.05) is 31.0 Å². The monoisotopic (exact) mass is 412 g/mol. The van der Waals surface area contributed by atoms with Crippen LogP contribution < -0.4 is 4.90 Å². The third kappa shape index (κ3) is 3.85. The van der Waals surface area contributed by atoms with Gasteiger partial charge in [-0.15, -0.1) is 0 Å². The van der Waals surface area contributed by atoms with Gasteiger partial charge in [-0.25, -0.2) is 0 Å². The zero-order chi connectivity index (χ0) is 21.3. The summed E-state index contributed by atoms with van der Waals surface area (Å²) in [6, 6.07) is 7.76. The van der Waals surface area contributed by atoms with E-state index in [-0.39, 0.29) is 42.5 Å². The molecule has 7 heteroatoms. The summed E-state index contributed by atoms with van der Waals surface area (Å²) in [6.45, 7) is 2.19. The summed E-state index contributed by atoms with van der Waals surface area (Å²) in [7, 11) is 0. The lowest BCUT2D eigenvalue weighted by atomic mass is 9.81. The van der Waals surface area contributed by atoms with Crippen LogP contribution in [0.4, 0.5) is 5.69 Å². The van der Waals surface area contributed by atoms with E-state index in [9.17, 15) is 19.2 Å². The first-order chi connectivity index (χ1) is 14.5. The van der Waals surface area contributed by atoms with Crippen molar-refractivity contribution < 1.29 is 23.9 Å². The Morgan fingerprint density at radius 3 is 2.43 bits per heavy atom. The summed E-state index contributed by atoms with van der Waals surface area (Å²) in [6.07, 6.45) is 4.21. The van der Waals surface area contributed by atoms with Gasteiger partial charge in [0.05, 0.1) is 18.3 Å². The molecule has 1 saturated carbocycles. The van der Waals surface area contributed by atoms with Gasteiger partial charge in [0.2, 0.25) is 11.8 Å². The minimum atomic E-state index is -0.920. The number of para-hydroxylation sites is 1. The molecule has 0 radical (unpaired) electrons. The van der Waals surface area contributed by atoms with Crippen LogP contribution >= 0.6 is 0 Å². The van der Waals surface area contributed by atoms with Crippen LogP contribution in [0.5, 0.6) is 0 Å². The van der Waals surface area contributed by atoms with E-state index in [0.717, 1.165) is 49.8 Å². The number of fused-ring (bicyclic) bond motifs is 2. The Morgan fingerprint density at radius 1 is 1.07 bits per heavy atom. The Labute approximate surface area is 176 Å². The average molecular weight is 412 g/mol. The molecule has 3 aliphatic rings. The molecule has 1 aromatic rings. The molecule has 30 heavy (non-hydrogen) atoms. The molecule has 4 rings (SSSR count). The quantitative estimate of drug-likeness (QED) is 0.548. The maximum Gasteiger partial charge on any atom is 0.308 e. The van der Waals surface area contributed by atoms with E-state index in [2.05, 4.69) is 0 Å². The van der Waals surface area contributed by atoms with E-state index in [1.807, 2.05) is 24.3 Å². The Bertz CT molecular complexity index is 843. The zero-order valence-electron chi connectivity index (χ0n) is 17.3. The van der Waals surface area contributed by atoms with Gasteiger partial charge < -0.3 is 9.64 Å². The lowest BCUT2D eigenvalue weighted by Crippen LogP contribution is -2.43. The fourth-order valence-corrected chi connectivity index (χ4v) is 4.94. The van der Waals surface area contributed by atoms with Gasteiger partial charge in [-0.05, 0) is 44.2 Å². The van der Waals surface area contributed by atoms with Crippen LogP contribution in [-0.2, 0) is 30.3 Å². The molecule has 2 fully saturated rings. The number of amides is 3. The van der Waals surface area contributed by atoms with Crippen molar-refractivity contribution in [1.82, 2.24) is 4.90 Å². The number of carbonyl (C=O) groups is 4. The number of aryl methyl sites for hydroxylation is 1. The van der Waals surface area contributed by atoms with Gasteiger partial charge in [0.15, 0.2) is 6.10 Å². The van der Waals surface area contributed by atoms with Crippen molar-refractivity contribution in [3.63, 3.8) is 0 Å². The standard InChI is InChI=1S/C23H28N2O5/c1-15(21(27)24-13-6-8-16-7-2-5-11-19(16)24)30-20(26)12-14-25-22(28)17-9-3-4-10-18(17)23(25)29/h2,5,7,11,15,17-18H,3-4,6,8-10,12-14H2,1H3/t15-,17+,18+/m0/s1. The number of rotatable bonds is 5. The van der Waals surface area contributed by atoms with Gasteiger partial charge >= 0.3 is 5.97 Å². The van der Waals surface area contributed by atoms with Crippen LogP contribution in [0.15, 0.2) is 24.3 Å². The molecule has 3 amide bonds. The third-order valence-electron chi connectivity index (χ3n) is 6.50. The lowest BCUT2D eigenvalue weighted by molar-refractivity contribution is -0.154. The number of likely N-dealkylation sites (tertiary alicyclic amines) is 1. The van der Waals surface area contributed by atoms with E-state index >= 15 is 0 Å². The Hall–Kier alpha value is -2.70. The smallest absolute Gasteiger partial charge is 0.308 e. The van der Waals surface area contributed by atoms with Gasteiger partial charge in [0, 0.05) is 18.8 Å². The highest BCUT2D eigenvalue weighted by atomic mass is 16.5. The highest BCUT2D eigenvalue weighted by Crippen LogP contribution is 2.38. The predicted molar refractivity (Wildman–Crippen MR) is 109 cm³/mol. The third-order valence-corrected chi connectivity index (χ3v) is 6.50. The summed E-state index contributed by atoms with van der Waals surface area (Å²) in [5.74, 6) is -1.59. The average Bonchev–Trinajstić information content (AvgIpc) is 3.01. The minimum absolute atomic E-state index is 0.0248. The summed E-state index contributed by atoms with van der Waals surface area (Å²) in [5.41, 5.74) is 1.98. The molecule has 0 N–H and O–H groups in total. The van der Waals surface area contributed by atoms with Crippen LogP contribution in [0.2, 0.25) is 0 Å². The van der Waals surface area contributed by atoms with Crippen molar-refractivity contribution in [1.29, 1.82) is 0 Å². The van der Waals surface area contributed by atoms with E-state index in [0.29, 0.717) is 6.54 Å². The van der Waals surface area contributed by atoms with Gasteiger partial charge in [0.1, 0.15) is 0 Å². The normalized spacial score (nSPS) is 24.3. The number of hydrogen-bond donors (Lipinski definition) is 0. The van der Waals surface area contributed by atoms with Crippen molar-refractivity contribution >= 4 is 29.4 Å². The topological polar surface area (TPSA) is 84.0 Å². The molecule has 0 aromatic heterocycles. The van der Waals surface area contributed by atoms with Gasteiger partial charge in [0.25, 0.3) is 5.91 Å². The summed E-state index contributed by atoms with van der Waals surface area (Å²) in [4.78, 5) is 53.1. The summed E-state index contributed by atoms with van der Waals surface area (Å²) in [5, 5.41) is 0. The molecular weight excluding hydrogens is 384 g/mol. The first kappa shape index (κ1) is 20.6. The van der Waals surface area contributed by atoms with Crippen LogP contribution in [0.25, 0.3) is 0 Å². The number of imide groups is 1. The van der Waals surface area contributed by atoms with E-state index in [1.54, 1.807) is 11.8 Å². The molecule has 2 aliphatic heterocycles. The molecule has 7 nitrogen and oxygen atoms in total. The van der Waals surface area contributed by atoms with Crippen molar-refractivity contribution in [2.75, 3.05) is 18.0 Å². The molecule has 160 valence electrons. The number of esters is 1. The molecule has 1 aliphatic carbocycles. The van der Waals surface area contributed by atoms with Crippen molar-refractivity contribution in [2.45, 2.75) is 58.0 Å². The van der Waals surface area contributed by atoms with Gasteiger partial charge in [-0.2, -0.15) is 0 Å². The number of ether oxygens (including phenoxy) is 1. The number of nitrogens with zero attached hydrogens (tertiary/aromatic N) is 2. The van der Waals surface area contributed by atoms with E-state index in [1.165, 1.54) is 4.90 Å². The largest absolute Gasteiger partial charge is 0.452 e. The molecular formula is C23H28N2O5. The highest BCUT2D eigenvalue weighted by Gasteiger charge is 2.47. The predicted octanol–water partition coefficient (Wildman–Crippen LogP) is 2.46. The fraction of sp³-hybridized carbons (Fsp3) is 0.565. The van der Waals surface area contributed by atoms with Crippen molar-refractivity contribution in [2.24, 2.45) is 11.8 Å². The maximum absolute atomic E-state index is 12.9. The molecule has 0 spiro atoms. The minimum Gasteiger partial charge on any atom is -0.452 e. The van der Waals surface area contributed by atoms with Gasteiger partial charge in [-0.3, -0.25) is 24.1 Å². The Kier molecular flexibility index (Phi) is 5.88. The molecule has 3 atom stereocenters. The van der Waals surface area contributed by atoms with E-state index in [4.69, 9.17) is 4.74 Å². The van der Waals surface area contributed by atoms with Crippen molar-refractivity contribution in [3.8, 4) is 0 Å². The Balaban J connectivity index is 1.32. The molecule has 1 saturated heterocycles. The number of benzene rings is 1. The summed E-state index contributed by atoms with van der Waals surface area (Å²) < 4.78 is 5.35. The number of anilines is 1. The fourth-order valence-electron chi connectivity index (χ4n) is 4.94. The molecule has 1 aromatic carbocycles. The van der Waals surface area contributed by atoms with Crippen LogP contribution in [-0.4, -0.2) is 47.8 Å². The van der Waals surface area contributed by atoms with Crippen LogP contribution in [0, 0.1) is 11.8 Å². The first-order valence-electron chi connectivity index (χ1n) is 10.9. The number of hydrogen-bond acceptors (Lipinski definition) is 5. The molecule has 2 heterocycles. The SMILES string of the molecule is C[C@H](OC(=O)CCN1C(=O)[C@@H]2CCCC[C@H]2C1=O)C(=O)N1CCCc2ccccc21. The second kappa shape index (κ2) is 8.58. The molecule has 0 bridgehead atoms. The summed E-state index contributed by atoms with van der Waals surface area (Å²) >= 11 is 0. The second-order valence-electron chi connectivity index (χ2n) is 8.43. The number of carbonyl (C=O) groups excluding carboxylic acids is 4. The van der Waals surface area contributed by atoms with Crippen LogP contribution in [0.3, 0.4) is 0 Å². The maximum atomic E-state index is 12.9. The highest BCUT2D eigenvalue weighted by molar-refractivity contribution is 6.05. The zero-order valence-corrected chi connectivity index (χ0v) is 17.3. The van der Waals surface area contributed by atoms with Crippen molar-refractivity contribution in [3.05, 3.63) is 29.8 Å². The van der Waals surface area contributed by atoms with Crippen LogP contribution in [0.1, 0.15) is 51.0 Å².